The summed E-state index contributed by atoms with van der Waals surface area (Å²) in [4.78, 5) is 30.3. The number of rotatable bonds is 3. The lowest BCUT2D eigenvalue weighted by Gasteiger charge is -2.36. The minimum Gasteiger partial charge on any atom is -0.301 e. The molecule has 0 aromatic heterocycles. The fourth-order valence-electron chi connectivity index (χ4n) is 2.84. The molecule has 3 rings (SSSR count). The van der Waals surface area contributed by atoms with Gasteiger partial charge in [0.15, 0.2) is 0 Å². The number of benzene rings is 1. The molecule has 0 saturated carbocycles. The van der Waals surface area contributed by atoms with Crippen LogP contribution in [0.1, 0.15) is 17.3 Å². The lowest BCUT2D eigenvalue weighted by atomic mass is 10.1. The SMILES string of the molecule is CCN1CCN(CN2C(=O)C(=O)c3ccccc32)CC1. The Labute approximate surface area is 118 Å². The number of piperazine rings is 1. The Hall–Kier alpha value is -1.72. The number of Topliss-reactive ketones (excluding diaryl/α,β-unsaturated/α-hetero) is 1. The first-order valence-electron chi connectivity index (χ1n) is 7.10. The van der Waals surface area contributed by atoms with Crippen LogP contribution in [0.15, 0.2) is 24.3 Å². The molecule has 0 bridgehead atoms. The minimum absolute atomic E-state index is 0.382. The number of fused-ring (bicyclic) bond motifs is 1. The summed E-state index contributed by atoms with van der Waals surface area (Å²) in [5.74, 6) is -0.781. The van der Waals surface area contributed by atoms with Gasteiger partial charge in [0.05, 0.1) is 17.9 Å². The molecule has 5 nitrogen and oxygen atoms in total. The highest BCUT2D eigenvalue weighted by atomic mass is 16.2. The third-order valence-corrected chi connectivity index (χ3v) is 4.13. The molecule has 0 atom stereocenters. The van der Waals surface area contributed by atoms with E-state index in [2.05, 4.69) is 16.7 Å². The first-order valence-corrected chi connectivity index (χ1v) is 7.10. The van der Waals surface area contributed by atoms with Crippen LogP contribution in [0.3, 0.4) is 0 Å². The molecule has 1 fully saturated rings. The molecule has 1 saturated heterocycles. The van der Waals surface area contributed by atoms with Gasteiger partial charge in [-0.3, -0.25) is 19.4 Å². The second kappa shape index (κ2) is 5.34. The molecule has 0 aliphatic carbocycles. The summed E-state index contributed by atoms with van der Waals surface area (Å²) in [6.07, 6.45) is 0. The highest BCUT2D eigenvalue weighted by Crippen LogP contribution is 2.28. The maximum atomic E-state index is 12.1. The van der Waals surface area contributed by atoms with E-state index in [-0.39, 0.29) is 5.78 Å². The van der Waals surface area contributed by atoms with Crippen molar-refractivity contribution in [2.75, 3.05) is 44.3 Å². The van der Waals surface area contributed by atoms with Gasteiger partial charge in [0.25, 0.3) is 5.78 Å². The average molecular weight is 273 g/mol. The van der Waals surface area contributed by atoms with E-state index in [0.29, 0.717) is 12.2 Å². The number of para-hydroxylation sites is 1. The lowest BCUT2D eigenvalue weighted by Crippen LogP contribution is -2.50. The normalized spacial score (nSPS) is 20.6. The van der Waals surface area contributed by atoms with E-state index in [4.69, 9.17) is 0 Å². The molecule has 0 radical (unpaired) electrons. The van der Waals surface area contributed by atoms with Gasteiger partial charge in [-0.1, -0.05) is 19.1 Å². The van der Waals surface area contributed by atoms with Crippen LogP contribution in [-0.2, 0) is 4.79 Å². The van der Waals surface area contributed by atoms with Crippen LogP contribution in [0.5, 0.6) is 0 Å². The topological polar surface area (TPSA) is 43.9 Å². The third-order valence-electron chi connectivity index (χ3n) is 4.13. The monoisotopic (exact) mass is 273 g/mol. The minimum atomic E-state index is -0.399. The van der Waals surface area contributed by atoms with Crippen molar-refractivity contribution in [3.8, 4) is 0 Å². The van der Waals surface area contributed by atoms with Crippen molar-refractivity contribution in [1.29, 1.82) is 0 Å². The van der Waals surface area contributed by atoms with Crippen LogP contribution in [-0.4, -0.2) is 60.9 Å². The second-order valence-corrected chi connectivity index (χ2v) is 5.27. The average Bonchev–Trinajstić information content (AvgIpc) is 2.74. The zero-order chi connectivity index (χ0) is 14.1. The van der Waals surface area contributed by atoms with Crippen molar-refractivity contribution in [1.82, 2.24) is 9.80 Å². The predicted octanol–water partition coefficient (Wildman–Crippen LogP) is 0.811. The van der Waals surface area contributed by atoms with Crippen LogP contribution in [0.25, 0.3) is 0 Å². The Bertz CT molecular complexity index is 536. The number of carbonyl (C=O) groups is 2. The number of amides is 1. The van der Waals surface area contributed by atoms with E-state index >= 15 is 0 Å². The molecule has 1 amide bonds. The molecule has 106 valence electrons. The smallest absolute Gasteiger partial charge is 0.300 e. The van der Waals surface area contributed by atoms with Gasteiger partial charge in [-0.15, -0.1) is 0 Å². The molecule has 0 unspecified atom stereocenters. The fraction of sp³-hybridized carbons (Fsp3) is 0.467. The van der Waals surface area contributed by atoms with Gasteiger partial charge in [0.2, 0.25) is 0 Å². The number of hydrogen-bond acceptors (Lipinski definition) is 4. The van der Waals surface area contributed by atoms with Gasteiger partial charge in [0.1, 0.15) is 0 Å². The number of hydrogen-bond donors (Lipinski definition) is 0. The number of anilines is 1. The van der Waals surface area contributed by atoms with E-state index in [0.717, 1.165) is 38.4 Å². The molecule has 20 heavy (non-hydrogen) atoms. The van der Waals surface area contributed by atoms with Crippen molar-refractivity contribution < 1.29 is 9.59 Å². The van der Waals surface area contributed by atoms with Gasteiger partial charge in [0, 0.05) is 26.2 Å². The van der Waals surface area contributed by atoms with Crippen LogP contribution in [0.4, 0.5) is 5.69 Å². The quantitative estimate of drug-likeness (QED) is 0.765. The van der Waals surface area contributed by atoms with Crippen molar-refractivity contribution in [3.05, 3.63) is 29.8 Å². The van der Waals surface area contributed by atoms with E-state index in [1.165, 1.54) is 0 Å². The molecule has 2 aliphatic rings. The summed E-state index contributed by atoms with van der Waals surface area (Å²) in [5.41, 5.74) is 1.28. The van der Waals surface area contributed by atoms with Crippen molar-refractivity contribution in [2.24, 2.45) is 0 Å². The maximum Gasteiger partial charge on any atom is 0.300 e. The Morgan fingerprint density at radius 1 is 1.00 bits per heavy atom. The van der Waals surface area contributed by atoms with E-state index in [9.17, 15) is 9.59 Å². The zero-order valence-corrected chi connectivity index (χ0v) is 11.7. The highest BCUT2D eigenvalue weighted by Gasteiger charge is 2.36. The molecule has 1 aromatic carbocycles. The Kier molecular flexibility index (Phi) is 3.54. The van der Waals surface area contributed by atoms with Gasteiger partial charge in [-0.2, -0.15) is 0 Å². The van der Waals surface area contributed by atoms with E-state index in [1.807, 2.05) is 12.1 Å². The fourth-order valence-corrected chi connectivity index (χ4v) is 2.84. The predicted molar refractivity (Wildman–Crippen MR) is 76.8 cm³/mol. The number of carbonyl (C=O) groups excluding carboxylic acids is 2. The molecule has 1 aromatic rings. The van der Waals surface area contributed by atoms with Crippen LogP contribution in [0, 0.1) is 0 Å². The van der Waals surface area contributed by atoms with Crippen LogP contribution < -0.4 is 4.90 Å². The van der Waals surface area contributed by atoms with E-state index < -0.39 is 5.91 Å². The summed E-state index contributed by atoms with van der Waals surface area (Å²) < 4.78 is 0. The summed E-state index contributed by atoms with van der Waals surface area (Å²) in [5, 5.41) is 0. The molecular weight excluding hydrogens is 254 g/mol. The van der Waals surface area contributed by atoms with Gasteiger partial charge >= 0.3 is 5.91 Å². The van der Waals surface area contributed by atoms with Gasteiger partial charge in [-0.25, -0.2) is 0 Å². The summed E-state index contributed by atoms with van der Waals surface area (Å²) >= 11 is 0. The molecular formula is C15H19N3O2. The largest absolute Gasteiger partial charge is 0.301 e. The number of likely N-dealkylation sites (N-methyl/N-ethyl adjacent to an activating group) is 1. The molecule has 0 N–H and O–H groups in total. The highest BCUT2D eigenvalue weighted by molar-refractivity contribution is 6.52. The Morgan fingerprint density at radius 3 is 2.35 bits per heavy atom. The van der Waals surface area contributed by atoms with Crippen LogP contribution >= 0.6 is 0 Å². The molecule has 0 spiro atoms. The van der Waals surface area contributed by atoms with E-state index in [1.54, 1.807) is 17.0 Å². The Morgan fingerprint density at radius 2 is 1.65 bits per heavy atom. The Balaban J connectivity index is 1.72. The van der Waals surface area contributed by atoms with Crippen LogP contribution in [0.2, 0.25) is 0 Å². The van der Waals surface area contributed by atoms with Crippen molar-refractivity contribution in [2.45, 2.75) is 6.92 Å². The molecule has 2 heterocycles. The third kappa shape index (κ3) is 2.23. The first-order chi connectivity index (χ1) is 9.70. The van der Waals surface area contributed by atoms with Crippen molar-refractivity contribution in [3.63, 3.8) is 0 Å². The second-order valence-electron chi connectivity index (χ2n) is 5.27. The standard InChI is InChI=1S/C15H19N3O2/c1-2-16-7-9-17(10-8-16)11-18-13-6-4-3-5-12(13)14(19)15(18)20/h3-6H,2,7-11H2,1H3. The maximum absolute atomic E-state index is 12.1. The van der Waals surface area contributed by atoms with Gasteiger partial charge < -0.3 is 4.90 Å². The van der Waals surface area contributed by atoms with Crippen molar-refractivity contribution >= 4 is 17.4 Å². The summed E-state index contributed by atoms with van der Waals surface area (Å²) in [6, 6.07) is 7.24. The summed E-state index contributed by atoms with van der Waals surface area (Å²) in [6.45, 7) is 7.66. The van der Waals surface area contributed by atoms with Gasteiger partial charge in [-0.05, 0) is 18.7 Å². The zero-order valence-electron chi connectivity index (χ0n) is 11.7. The first kappa shape index (κ1) is 13.3. The number of nitrogens with zero attached hydrogens (tertiary/aromatic N) is 3. The number of ketones is 1. The molecule has 5 heteroatoms. The lowest BCUT2D eigenvalue weighted by molar-refractivity contribution is -0.114. The molecule has 2 aliphatic heterocycles. The summed E-state index contributed by atoms with van der Waals surface area (Å²) in [7, 11) is 0.